The van der Waals surface area contributed by atoms with Crippen molar-refractivity contribution in [3.8, 4) is 5.75 Å². The Hall–Kier alpha value is -2.86. The lowest BCUT2D eigenvalue weighted by atomic mass is 9.94. The zero-order valence-corrected chi connectivity index (χ0v) is 14.6. The fourth-order valence-electron chi connectivity index (χ4n) is 3.16. The Bertz CT molecular complexity index is 893. The highest BCUT2D eigenvalue weighted by Gasteiger charge is 2.55. The molecule has 2 aliphatic rings. The van der Waals surface area contributed by atoms with Crippen LogP contribution in [0.15, 0.2) is 53.7 Å². The molecule has 2 aliphatic heterocycles. The summed E-state index contributed by atoms with van der Waals surface area (Å²) in [6.45, 7) is 0.186. The number of carbonyl (C=O) groups excluding carboxylic acids is 2. The molecule has 0 unspecified atom stereocenters. The number of likely N-dealkylation sites (tertiary alicyclic amines) is 1. The molecule has 2 aromatic rings. The van der Waals surface area contributed by atoms with Crippen LogP contribution in [-0.4, -0.2) is 35.6 Å². The van der Waals surface area contributed by atoms with Gasteiger partial charge in [0.1, 0.15) is 17.4 Å². The molecule has 2 atom stereocenters. The van der Waals surface area contributed by atoms with E-state index >= 15 is 0 Å². The van der Waals surface area contributed by atoms with Crippen molar-refractivity contribution in [2.45, 2.75) is 12.6 Å². The smallest absolute Gasteiger partial charge is 0.274 e. The van der Waals surface area contributed by atoms with Gasteiger partial charge < -0.3 is 9.57 Å². The normalized spacial score (nSPS) is 21.5. The van der Waals surface area contributed by atoms with E-state index in [2.05, 4.69) is 5.16 Å². The Kier molecular flexibility index (Phi) is 4.12. The first-order valence-electron chi connectivity index (χ1n) is 8.06. The maximum atomic E-state index is 12.9. The van der Waals surface area contributed by atoms with Gasteiger partial charge in [0.05, 0.1) is 13.7 Å². The van der Waals surface area contributed by atoms with E-state index < -0.39 is 12.0 Å². The van der Waals surface area contributed by atoms with Crippen molar-refractivity contribution < 1.29 is 19.2 Å². The summed E-state index contributed by atoms with van der Waals surface area (Å²) in [5.74, 6) is -0.683. The molecule has 1 fully saturated rings. The van der Waals surface area contributed by atoms with Gasteiger partial charge >= 0.3 is 0 Å². The molecule has 7 heteroatoms. The van der Waals surface area contributed by atoms with E-state index in [0.29, 0.717) is 22.0 Å². The molecule has 0 radical (unpaired) electrons. The van der Waals surface area contributed by atoms with Crippen LogP contribution in [0, 0.1) is 5.92 Å². The van der Waals surface area contributed by atoms with Gasteiger partial charge in [0.25, 0.3) is 5.91 Å². The van der Waals surface area contributed by atoms with Crippen molar-refractivity contribution in [1.29, 1.82) is 0 Å². The number of rotatable bonds is 4. The molecule has 4 rings (SSSR count). The van der Waals surface area contributed by atoms with Crippen LogP contribution in [0.1, 0.15) is 11.1 Å². The summed E-state index contributed by atoms with van der Waals surface area (Å²) < 4.78 is 5.12. The summed E-state index contributed by atoms with van der Waals surface area (Å²) in [5, 5.41) is 4.56. The second kappa shape index (κ2) is 6.46. The average molecular weight is 371 g/mol. The first-order valence-corrected chi connectivity index (χ1v) is 8.44. The zero-order chi connectivity index (χ0) is 18.3. The Balaban J connectivity index is 1.57. The number of methoxy groups -OCH3 is 1. The van der Waals surface area contributed by atoms with Crippen molar-refractivity contribution in [1.82, 2.24) is 4.90 Å². The van der Waals surface area contributed by atoms with E-state index in [0.717, 1.165) is 5.56 Å². The van der Waals surface area contributed by atoms with E-state index in [1.807, 2.05) is 12.1 Å². The fraction of sp³-hybridized carbons (Fsp3) is 0.211. The molecule has 0 saturated carbocycles. The zero-order valence-electron chi connectivity index (χ0n) is 13.9. The molecule has 26 heavy (non-hydrogen) atoms. The first kappa shape index (κ1) is 16.6. The summed E-state index contributed by atoms with van der Waals surface area (Å²) in [7, 11) is 1.58. The number of fused-ring (bicyclic) bond motifs is 1. The van der Waals surface area contributed by atoms with Crippen molar-refractivity contribution in [3.05, 3.63) is 64.7 Å². The average Bonchev–Trinajstić information content (AvgIpc) is 3.19. The lowest BCUT2D eigenvalue weighted by molar-refractivity contribution is -0.142. The Labute approximate surface area is 154 Å². The predicted octanol–water partition coefficient (Wildman–Crippen LogP) is 2.64. The second-order valence-corrected chi connectivity index (χ2v) is 6.53. The third-order valence-electron chi connectivity index (χ3n) is 4.54. The van der Waals surface area contributed by atoms with Crippen LogP contribution < -0.4 is 4.74 Å². The molecule has 0 spiro atoms. The van der Waals surface area contributed by atoms with E-state index in [4.69, 9.17) is 21.2 Å². The number of halogens is 1. The van der Waals surface area contributed by atoms with Crippen LogP contribution in [0.4, 0.5) is 0 Å². The van der Waals surface area contributed by atoms with Crippen molar-refractivity contribution in [3.63, 3.8) is 0 Å². The topological polar surface area (TPSA) is 68.2 Å². The minimum Gasteiger partial charge on any atom is -0.497 e. The number of nitrogens with zero attached hydrogens (tertiary/aromatic N) is 2. The number of hydrogen-bond donors (Lipinski definition) is 0. The molecule has 1 saturated heterocycles. The number of benzene rings is 2. The molecule has 2 amide bonds. The van der Waals surface area contributed by atoms with E-state index in [1.54, 1.807) is 43.5 Å². The van der Waals surface area contributed by atoms with Crippen LogP contribution in [-0.2, 0) is 21.0 Å². The minimum atomic E-state index is -0.897. The molecule has 0 bridgehead atoms. The van der Waals surface area contributed by atoms with Crippen molar-refractivity contribution >= 4 is 29.1 Å². The third kappa shape index (κ3) is 2.72. The molecule has 2 heterocycles. The van der Waals surface area contributed by atoms with Gasteiger partial charge in [0.15, 0.2) is 0 Å². The molecule has 6 nitrogen and oxygen atoms in total. The maximum absolute atomic E-state index is 12.9. The third-order valence-corrected chi connectivity index (χ3v) is 4.80. The largest absolute Gasteiger partial charge is 0.497 e. The fourth-order valence-corrected chi connectivity index (χ4v) is 3.29. The van der Waals surface area contributed by atoms with Gasteiger partial charge in [-0.1, -0.05) is 41.0 Å². The summed E-state index contributed by atoms with van der Waals surface area (Å²) in [4.78, 5) is 32.0. The predicted molar refractivity (Wildman–Crippen MR) is 94.9 cm³/mol. The molecular formula is C19H15ClN2O4. The summed E-state index contributed by atoms with van der Waals surface area (Å²) in [6, 6.07) is 14.2. The number of imide groups is 1. The molecule has 132 valence electrons. The molecule has 0 N–H and O–H groups in total. The molecule has 0 aliphatic carbocycles. The minimum absolute atomic E-state index is 0.186. The lowest BCUT2D eigenvalue weighted by Gasteiger charge is -2.15. The highest BCUT2D eigenvalue weighted by molar-refractivity contribution is 6.31. The van der Waals surface area contributed by atoms with Crippen LogP contribution in [0.2, 0.25) is 5.02 Å². The Morgan fingerprint density at radius 2 is 1.77 bits per heavy atom. The second-order valence-electron chi connectivity index (χ2n) is 6.10. The highest BCUT2D eigenvalue weighted by Crippen LogP contribution is 2.33. The van der Waals surface area contributed by atoms with Crippen LogP contribution in [0.5, 0.6) is 5.75 Å². The van der Waals surface area contributed by atoms with Gasteiger partial charge in [0.2, 0.25) is 12.0 Å². The van der Waals surface area contributed by atoms with Crippen molar-refractivity contribution in [2.24, 2.45) is 11.1 Å². The van der Waals surface area contributed by atoms with Gasteiger partial charge in [-0.05, 0) is 29.8 Å². The molecular weight excluding hydrogens is 356 g/mol. The Morgan fingerprint density at radius 1 is 1.08 bits per heavy atom. The lowest BCUT2D eigenvalue weighted by Crippen LogP contribution is -2.32. The maximum Gasteiger partial charge on any atom is 0.274 e. The monoisotopic (exact) mass is 370 g/mol. The van der Waals surface area contributed by atoms with Crippen molar-refractivity contribution in [2.75, 3.05) is 7.11 Å². The number of oxime groups is 1. The number of amides is 2. The van der Waals surface area contributed by atoms with Gasteiger partial charge in [0, 0.05) is 10.6 Å². The number of ether oxygens (including phenoxy) is 1. The molecule has 2 aromatic carbocycles. The standard InChI is InChI=1S/C19H15ClN2O4/c1-25-14-8-2-11(3-9-14)10-22-18(23)15-16(21-26-17(15)19(22)24)12-4-6-13(20)7-5-12/h2-9,15,17H,10H2,1H3/t15-,17+/m1/s1. The first-order chi connectivity index (χ1) is 12.6. The van der Waals surface area contributed by atoms with E-state index in [9.17, 15) is 9.59 Å². The highest BCUT2D eigenvalue weighted by atomic mass is 35.5. The Morgan fingerprint density at radius 3 is 2.42 bits per heavy atom. The SMILES string of the molecule is COc1ccc(CN2C(=O)[C@@H]3C(c4ccc(Cl)cc4)=NO[C@@H]3C2=O)cc1. The summed E-state index contributed by atoms with van der Waals surface area (Å²) in [6.07, 6.45) is -0.897. The number of hydrogen-bond acceptors (Lipinski definition) is 5. The van der Waals surface area contributed by atoms with E-state index in [-0.39, 0.29) is 18.4 Å². The van der Waals surface area contributed by atoms with Gasteiger partial charge in [-0.15, -0.1) is 0 Å². The van der Waals surface area contributed by atoms with Gasteiger partial charge in [-0.25, -0.2) is 0 Å². The van der Waals surface area contributed by atoms with E-state index in [1.165, 1.54) is 4.90 Å². The summed E-state index contributed by atoms with van der Waals surface area (Å²) in [5.41, 5.74) is 2.01. The molecule has 0 aromatic heterocycles. The van der Waals surface area contributed by atoms with Crippen LogP contribution in [0.3, 0.4) is 0 Å². The van der Waals surface area contributed by atoms with Gasteiger partial charge in [-0.3, -0.25) is 14.5 Å². The van der Waals surface area contributed by atoms with Gasteiger partial charge in [-0.2, -0.15) is 0 Å². The quantitative estimate of drug-likeness (QED) is 0.776. The number of carbonyl (C=O) groups is 2. The summed E-state index contributed by atoms with van der Waals surface area (Å²) >= 11 is 5.91. The van der Waals surface area contributed by atoms with Crippen LogP contribution in [0.25, 0.3) is 0 Å². The van der Waals surface area contributed by atoms with Crippen LogP contribution >= 0.6 is 11.6 Å².